The van der Waals surface area contributed by atoms with E-state index in [-0.39, 0.29) is 11.9 Å². The van der Waals surface area contributed by atoms with E-state index < -0.39 is 12.2 Å². The van der Waals surface area contributed by atoms with E-state index >= 15 is 0 Å². The lowest BCUT2D eigenvalue weighted by molar-refractivity contribution is 0.00365. The second-order valence-corrected chi connectivity index (χ2v) is 6.92. The van der Waals surface area contributed by atoms with Gasteiger partial charge in [-0.3, -0.25) is 0 Å². The number of hydrogen-bond acceptors (Lipinski definition) is 4. The molecule has 0 fully saturated rings. The Labute approximate surface area is 167 Å². The summed E-state index contributed by atoms with van der Waals surface area (Å²) >= 11 is 0. The number of esters is 2. The van der Waals surface area contributed by atoms with Crippen LogP contribution in [0, 0.1) is 0 Å². The molecular weight excluding hydrogens is 352 g/mol. The Hall–Kier alpha value is -2.88. The topological polar surface area (TPSA) is 52.6 Å². The number of benzene rings is 2. The Morgan fingerprint density at radius 3 is 1.89 bits per heavy atom. The third kappa shape index (κ3) is 7.03. The van der Waals surface area contributed by atoms with Gasteiger partial charge >= 0.3 is 11.9 Å². The van der Waals surface area contributed by atoms with Crippen molar-refractivity contribution < 1.29 is 19.1 Å². The molecule has 0 amide bonds. The van der Waals surface area contributed by atoms with Crippen molar-refractivity contribution >= 4 is 11.9 Å². The first kappa shape index (κ1) is 21.4. The summed E-state index contributed by atoms with van der Waals surface area (Å²) < 4.78 is 11.3. The normalized spacial score (nSPS) is 12.6. The van der Waals surface area contributed by atoms with Crippen molar-refractivity contribution in [3.63, 3.8) is 0 Å². The van der Waals surface area contributed by atoms with Crippen molar-refractivity contribution in [2.24, 2.45) is 0 Å². The van der Waals surface area contributed by atoms with Crippen molar-refractivity contribution in [1.82, 2.24) is 0 Å². The average molecular weight is 380 g/mol. The molecule has 0 N–H and O–H groups in total. The number of carbonyl (C=O) groups is 2. The van der Waals surface area contributed by atoms with Gasteiger partial charge in [0, 0.05) is 12.8 Å². The summed E-state index contributed by atoms with van der Waals surface area (Å²) in [5.41, 5.74) is 2.03. The fourth-order valence-electron chi connectivity index (χ4n) is 2.99. The molecule has 0 aromatic heterocycles. The number of hydrogen-bond donors (Lipinski definition) is 0. The molecule has 0 saturated heterocycles. The summed E-state index contributed by atoms with van der Waals surface area (Å²) in [6.45, 7) is 7.98. The molecule has 0 saturated carbocycles. The predicted octanol–water partition coefficient (Wildman–Crippen LogP) is 5.59. The summed E-state index contributed by atoms with van der Waals surface area (Å²) in [5, 5.41) is 0. The second kappa shape index (κ2) is 11.1. The van der Waals surface area contributed by atoms with Crippen LogP contribution in [-0.4, -0.2) is 24.1 Å². The standard InChI is InChI=1S/C24H28O4/c1-4-11-18(2)16-22(28-24(26)21-14-9-6-10-15-21)17-19(3)27-23(25)20-12-7-5-8-13-20/h5-10,12-15,19,22H,2,4,11,16-17H2,1,3H3. The quantitative estimate of drug-likeness (QED) is 0.398. The Morgan fingerprint density at radius 1 is 0.893 bits per heavy atom. The predicted molar refractivity (Wildman–Crippen MR) is 110 cm³/mol. The van der Waals surface area contributed by atoms with Crippen molar-refractivity contribution in [3.8, 4) is 0 Å². The molecule has 28 heavy (non-hydrogen) atoms. The third-order valence-electron chi connectivity index (χ3n) is 4.32. The first-order valence-corrected chi connectivity index (χ1v) is 9.68. The lowest BCUT2D eigenvalue weighted by atomic mass is 10.0. The van der Waals surface area contributed by atoms with Gasteiger partial charge in [0.25, 0.3) is 0 Å². The minimum atomic E-state index is -0.398. The number of ether oxygens (including phenoxy) is 2. The summed E-state index contributed by atoms with van der Waals surface area (Å²) in [5.74, 6) is -0.759. The zero-order valence-corrected chi connectivity index (χ0v) is 16.6. The van der Waals surface area contributed by atoms with Crippen LogP contribution in [0.2, 0.25) is 0 Å². The van der Waals surface area contributed by atoms with Gasteiger partial charge in [0.2, 0.25) is 0 Å². The zero-order chi connectivity index (χ0) is 20.4. The van der Waals surface area contributed by atoms with Gasteiger partial charge in [0.15, 0.2) is 0 Å². The fraction of sp³-hybridized carbons (Fsp3) is 0.333. The molecular formula is C24H28O4. The first-order valence-electron chi connectivity index (χ1n) is 9.68. The molecule has 0 aliphatic heterocycles. The van der Waals surface area contributed by atoms with Gasteiger partial charge in [0.1, 0.15) is 12.2 Å². The number of carbonyl (C=O) groups excluding carboxylic acids is 2. The second-order valence-electron chi connectivity index (χ2n) is 6.92. The van der Waals surface area contributed by atoms with Gasteiger partial charge in [-0.25, -0.2) is 9.59 Å². The van der Waals surface area contributed by atoms with Crippen LogP contribution in [-0.2, 0) is 9.47 Å². The van der Waals surface area contributed by atoms with Crippen molar-refractivity contribution in [3.05, 3.63) is 83.9 Å². The van der Waals surface area contributed by atoms with Crippen LogP contribution in [0.1, 0.15) is 60.2 Å². The van der Waals surface area contributed by atoms with E-state index in [4.69, 9.17) is 9.47 Å². The van der Waals surface area contributed by atoms with E-state index in [9.17, 15) is 9.59 Å². The van der Waals surface area contributed by atoms with E-state index in [0.29, 0.717) is 24.0 Å². The Balaban J connectivity index is 2.00. The van der Waals surface area contributed by atoms with Gasteiger partial charge in [-0.1, -0.05) is 61.9 Å². The highest BCUT2D eigenvalue weighted by atomic mass is 16.6. The lowest BCUT2D eigenvalue weighted by Gasteiger charge is -2.22. The first-order chi connectivity index (χ1) is 13.5. The average Bonchev–Trinajstić information content (AvgIpc) is 2.69. The van der Waals surface area contributed by atoms with E-state index in [2.05, 4.69) is 13.5 Å². The minimum absolute atomic E-state index is 0.378. The molecule has 2 aromatic carbocycles. The van der Waals surface area contributed by atoms with Crippen LogP contribution >= 0.6 is 0 Å². The lowest BCUT2D eigenvalue weighted by Crippen LogP contribution is -2.26. The summed E-state index contributed by atoms with van der Waals surface area (Å²) in [4.78, 5) is 24.7. The molecule has 0 aliphatic rings. The van der Waals surface area contributed by atoms with E-state index in [1.54, 1.807) is 48.5 Å². The number of rotatable bonds is 10. The van der Waals surface area contributed by atoms with Crippen LogP contribution in [0.3, 0.4) is 0 Å². The highest BCUT2D eigenvalue weighted by Gasteiger charge is 2.22. The van der Waals surface area contributed by atoms with Gasteiger partial charge in [0.05, 0.1) is 11.1 Å². The van der Waals surface area contributed by atoms with Crippen LogP contribution in [0.15, 0.2) is 72.8 Å². The van der Waals surface area contributed by atoms with Crippen LogP contribution in [0.5, 0.6) is 0 Å². The summed E-state index contributed by atoms with van der Waals surface area (Å²) in [6, 6.07) is 17.7. The van der Waals surface area contributed by atoms with Crippen LogP contribution < -0.4 is 0 Å². The largest absolute Gasteiger partial charge is 0.459 e. The zero-order valence-electron chi connectivity index (χ0n) is 16.6. The van der Waals surface area contributed by atoms with Gasteiger partial charge in [-0.15, -0.1) is 0 Å². The monoisotopic (exact) mass is 380 g/mol. The fourth-order valence-corrected chi connectivity index (χ4v) is 2.99. The molecule has 0 radical (unpaired) electrons. The van der Waals surface area contributed by atoms with Gasteiger partial charge in [-0.2, -0.15) is 0 Å². The molecule has 0 aliphatic carbocycles. The Bertz CT molecular complexity index is 768. The van der Waals surface area contributed by atoms with Crippen LogP contribution in [0.4, 0.5) is 0 Å². The Morgan fingerprint density at radius 2 is 1.39 bits per heavy atom. The molecule has 2 rings (SSSR count). The maximum Gasteiger partial charge on any atom is 0.338 e. The van der Waals surface area contributed by atoms with Crippen LogP contribution in [0.25, 0.3) is 0 Å². The smallest absolute Gasteiger partial charge is 0.338 e. The van der Waals surface area contributed by atoms with E-state index in [1.807, 2.05) is 19.1 Å². The molecule has 0 spiro atoms. The minimum Gasteiger partial charge on any atom is -0.459 e. The van der Waals surface area contributed by atoms with Gasteiger partial charge in [-0.05, 0) is 37.6 Å². The van der Waals surface area contributed by atoms with E-state index in [1.165, 1.54) is 0 Å². The SMILES string of the molecule is C=C(CCC)CC(CC(C)OC(=O)c1ccccc1)OC(=O)c1ccccc1. The van der Waals surface area contributed by atoms with E-state index in [0.717, 1.165) is 18.4 Å². The highest BCUT2D eigenvalue weighted by Crippen LogP contribution is 2.20. The third-order valence-corrected chi connectivity index (χ3v) is 4.32. The molecule has 0 heterocycles. The van der Waals surface area contributed by atoms with Gasteiger partial charge < -0.3 is 9.47 Å². The van der Waals surface area contributed by atoms with Crippen molar-refractivity contribution in [2.45, 2.75) is 51.7 Å². The summed E-state index contributed by atoms with van der Waals surface area (Å²) in [7, 11) is 0. The van der Waals surface area contributed by atoms with Crippen molar-refractivity contribution in [2.75, 3.05) is 0 Å². The molecule has 2 atom stereocenters. The Kier molecular flexibility index (Phi) is 8.47. The molecule has 4 nitrogen and oxygen atoms in total. The highest BCUT2D eigenvalue weighted by molar-refractivity contribution is 5.90. The van der Waals surface area contributed by atoms with Crippen molar-refractivity contribution in [1.29, 1.82) is 0 Å². The molecule has 2 aromatic rings. The maximum atomic E-state index is 12.5. The maximum absolute atomic E-state index is 12.5. The summed E-state index contributed by atoms with van der Waals surface area (Å²) in [6.07, 6.45) is 2.04. The molecule has 4 heteroatoms. The molecule has 2 unspecified atom stereocenters. The molecule has 0 bridgehead atoms. The molecule has 148 valence electrons.